The molecule has 0 saturated carbocycles. The Balaban J connectivity index is 0.000000681. The van der Waals surface area contributed by atoms with Gasteiger partial charge in [-0.3, -0.25) is 0 Å². The Bertz CT molecular complexity index is 1390. The van der Waals surface area contributed by atoms with Gasteiger partial charge in [0.2, 0.25) is 5.69 Å². The maximum atomic E-state index is 8.49. The van der Waals surface area contributed by atoms with E-state index in [9.17, 15) is 0 Å². The van der Waals surface area contributed by atoms with Crippen LogP contribution in [0.5, 0.6) is 0 Å². The first-order valence-electron chi connectivity index (χ1n) is 13.6. The number of halogens is 2. The molecule has 40 heavy (non-hydrogen) atoms. The standard InChI is InChI=1S/C32H38ClN2.ClHO4/c1-31(2)24-14-7-9-16-26(24)34(5)28(31)20-18-22-12-11-13-23(30(22)33)19-21-29-32(3,4)25-15-8-10-17-27(25)35(29)6;2-1(3,4)5/h7-10,14-18,20-21,23H,11-13,19H2,1-6H3;(H,2,3,4,5)/q+1;/p-1. The van der Waals surface area contributed by atoms with Crippen LogP contribution in [0.4, 0.5) is 11.4 Å². The van der Waals surface area contributed by atoms with Crippen molar-refractivity contribution in [1.29, 1.82) is 0 Å². The van der Waals surface area contributed by atoms with Crippen molar-refractivity contribution in [1.82, 2.24) is 0 Å². The molecule has 2 aromatic carbocycles. The number of rotatable bonds is 4. The normalized spacial score (nSPS) is 22.5. The summed E-state index contributed by atoms with van der Waals surface area (Å²) in [5.74, 6) is 0.391. The first-order chi connectivity index (χ1) is 18.6. The molecule has 0 aromatic heterocycles. The molecule has 5 rings (SSSR count). The molecule has 214 valence electrons. The molecule has 2 heterocycles. The van der Waals surface area contributed by atoms with Crippen LogP contribution in [0.2, 0.25) is 0 Å². The Morgan fingerprint density at radius 1 is 0.950 bits per heavy atom. The number of hydrogen-bond donors (Lipinski definition) is 0. The predicted octanol–water partition coefficient (Wildman–Crippen LogP) is 3.49. The van der Waals surface area contributed by atoms with E-state index in [1.165, 1.54) is 45.9 Å². The zero-order valence-corrected chi connectivity index (χ0v) is 25.6. The molecule has 0 saturated heterocycles. The van der Waals surface area contributed by atoms with E-state index in [4.69, 9.17) is 30.2 Å². The molecule has 6 nitrogen and oxygen atoms in total. The SMILES string of the molecule is CN1C(=CCC2CCCC(C=CC3=[N+](C)c4ccccc4C3(C)C)=C2Cl)C(C)(C)c2ccccc21.[O-][Cl+3]([O-])([O-])[O-]. The number of allylic oxidation sites excluding steroid dienone is 6. The summed E-state index contributed by atoms with van der Waals surface area (Å²) in [7, 11) is -0.571. The van der Waals surface area contributed by atoms with E-state index < -0.39 is 10.2 Å². The molecule has 2 aliphatic heterocycles. The summed E-state index contributed by atoms with van der Waals surface area (Å²) in [5.41, 5.74) is 9.43. The van der Waals surface area contributed by atoms with Gasteiger partial charge in [0, 0.05) is 46.6 Å². The molecule has 0 N–H and O–H groups in total. The van der Waals surface area contributed by atoms with Crippen molar-refractivity contribution >= 4 is 28.7 Å². The van der Waals surface area contributed by atoms with Gasteiger partial charge in [-0.05, 0) is 62.7 Å². The van der Waals surface area contributed by atoms with Crippen molar-refractivity contribution in [2.75, 3.05) is 19.0 Å². The van der Waals surface area contributed by atoms with Gasteiger partial charge in [0.1, 0.15) is 7.05 Å². The van der Waals surface area contributed by atoms with Gasteiger partial charge in [-0.2, -0.15) is 4.58 Å². The summed E-state index contributed by atoms with van der Waals surface area (Å²) in [6, 6.07) is 17.5. The minimum absolute atomic E-state index is 0.0129. The molecular formula is C32H38Cl2N2O4. The fourth-order valence-corrected chi connectivity index (χ4v) is 6.90. The zero-order valence-electron chi connectivity index (χ0n) is 24.0. The fourth-order valence-electron chi connectivity index (χ4n) is 6.54. The monoisotopic (exact) mass is 584 g/mol. The lowest BCUT2D eigenvalue weighted by Crippen LogP contribution is -2.68. The average Bonchev–Trinajstić information content (AvgIpc) is 3.20. The van der Waals surface area contributed by atoms with E-state index >= 15 is 0 Å². The molecular weight excluding hydrogens is 547 g/mol. The zero-order chi connectivity index (χ0) is 29.5. The van der Waals surface area contributed by atoms with E-state index in [2.05, 4.69) is 118 Å². The fraction of sp³-hybridized carbons (Fsp3) is 0.406. The maximum Gasteiger partial charge on any atom is 0.209 e. The van der Waals surface area contributed by atoms with Crippen LogP contribution in [0.25, 0.3) is 0 Å². The quantitative estimate of drug-likeness (QED) is 0.512. The van der Waals surface area contributed by atoms with Crippen molar-refractivity contribution in [2.24, 2.45) is 5.92 Å². The summed E-state index contributed by atoms with van der Waals surface area (Å²) < 4.78 is 36.3. The largest absolute Gasteiger partial charge is 0.347 e. The van der Waals surface area contributed by atoms with E-state index in [0.717, 1.165) is 24.3 Å². The third-order valence-electron chi connectivity index (χ3n) is 8.58. The van der Waals surface area contributed by atoms with Gasteiger partial charge < -0.3 is 4.90 Å². The van der Waals surface area contributed by atoms with Gasteiger partial charge in [-0.1, -0.05) is 74.0 Å². The van der Waals surface area contributed by atoms with E-state index in [1.54, 1.807) is 0 Å². The second kappa shape index (κ2) is 11.4. The van der Waals surface area contributed by atoms with Crippen LogP contribution in [-0.4, -0.2) is 24.4 Å². The Kier molecular flexibility index (Phi) is 8.72. The van der Waals surface area contributed by atoms with Gasteiger partial charge in [0.25, 0.3) is 0 Å². The van der Waals surface area contributed by atoms with Crippen LogP contribution in [0.1, 0.15) is 64.5 Å². The number of benzene rings is 2. The predicted molar refractivity (Wildman–Crippen MR) is 150 cm³/mol. The Morgan fingerprint density at radius 2 is 1.55 bits per heavy atom. The third kappa shape index (κ3) is 6.08. The number of fused-ring (bicyclic) bond motifs is 2. The van der Waals surface area contributed by atoms with Crippen LogP contribution in [0.15, 0.2) is 83.1 Å². The molecule has 3 aliphatic rings. The van der Waals surface area contributed by atoms with Crippen LogP contribution < -0.4 is 23.5 Å². The van der Waals surface area contributed by atoms with Crippen molar-refractivity contribution in [3.63, 3.8) is 0 Å². The van der Waals surface area contributed by atoms with Gasteiger partial charge in [-0.25, -0.2) is 18.6 Å². The van der Waals surface area contributed by atoms with E-state index in [-0.39, 0.29) is 10.8 Å². The summed E-state index contributed by atoms with van der Waals surface area (Å²) in [5, 5.41) is 1.05. The van der Waals surface area contributed by atoms with Crippen molar-refractivity contribution in [3.05, 3.63) is 94.2 Å². The van der Waals surface area contributed by atoms with Crippen molar-refractivity contribution < 1.29 is 33.5 Å². The lowest BCUT2D eigenvalue weighted by Gasteiger charge is -2.27. The Hall–Kier alpha value is -2.45. The summed E-state index contributed by atoms with van der Waals surface area (Å²) >= 11 is 7.08. The molecule has 0 fully saturated rings. The number of nitrogens with zero attached hydrogens (tertiary/aromatic N) is 2. The van der Waals surface area contributed by atoms with Gasteiger partial charge >= 0.3 is 0 Å². The van der Waals surface area contributed by atoms with E-state index in [1.807, 2.05) is 0 Å². The lowest BCUT2D eigenvalue weighted by molar-refractivity contribution is -2.00. The highest BCUT2D eigenvalue weighted by molar-refractivity contribution is 6.30. The second-order valence-corrected chi connectivity index (χ2v) is 12.9. The summed E-state index contributed by atoms with van der Waals surface area (Å²) in [6.07, 6.45) is 11.4. The lowest BCUT2D eigenvalue weighted by atomic mass is 9.80. The summed E-state index contributed by atoms with van der Waals surface area (Å²) in [4.78, 5) is 2.36. The molecule has 1 aliphatic carbocycles. The van der Waals surface area contributed by atoms with Crippen LogP contribution in [-0.2, 0) is 10.8 Å². The first-order valence-corrected chi connectivity index (χ1v) is 15.2. The maximum absolute atomic E-state index is 8.49. The molecule has 1 atom stereocenters. The highest BCUT2D eigenvalue weighted by Gasteiger charge is 2.42. The highest BCUT2D eigenvalue weighted by atomic mass is 35.7. The highest BCUT2D eigenvalue weighted by Crippen LogP contribution is 2.47. The number of hydrogen-bond acceptors (Lipinski definition) is 5. The topological polar surface area (TPSA) is 98.5 Å². The smallest absolute Gasteiger partial charge is 0.209 e. The molecule has 0 spiro atoms. The average molecular weight is 586 g/mol. The first kappa shape index (κ1) is 30.5. The Morgan fingerprint density at radius 3 is 2.17 bits per heavy atom. The van der Waals surface area contributed by atoms with E-state index in [0.29, 0.717) is 5.92 Å². The molecule has 1 unspecified atom stereocenters. The van der Waals surface area contributed by atoms with Crippen molar-refractivity contribution in [3.8, 4) is 0 Å². The number of likely N-dealkylation sites (N-methyl/N-ethyl adjacent to an activating group) is 1. The van der Waals surface area contributed by atoms with Gasteiger partial charge in [0.05, 0.1) is 5.41 Å². The molecule has 0 bridgehead atoms. The number of anilines is 1. The molecule has 0 radical (unpaired) electrons. The number of para-hydroxylation sites is 2. The summed E-state index contributed by atoms with van der Waals surface area (Å²) in [6.45, 7) is 9.31. The minimum atomic E-state index is -4.94. The Labute approximate surface area is 245 Å². The van der Waals surface area contributed by atoms with Gasteiger partial charge in [-0.15, -0.1) is 10.2 Å². The molecule has 0 amide bonds. The van der Waals surface area contributed by atoms with Crippen LogP contribution >= 0.6 is 11.6 Å². The van der Waals surface area contributed by atoms with Crippen LogP contribution in [0, 0.1) is 16.2 Å². The minimum Gasteiger partial charge on any atom is -0.347 e. The molecule has 8 heteroatoms. The second-order valence-electron chi connectivity index (χ2n) is 11.8. The third-order valence-corrected chi connectivity index (χ3v) is 9.13. The molecule has 2 aromatic rings. The van der Waals surface area contributed by atoms with Crippen LogP contribution in [0.3, 0.4) is 0 Å². The van der Waals surface area contributed by atoms with Crippen molar-refractivity contribution in [2.45, 2.75) is 64.2 Å². The van der Waals surface area contributed by atoms with Gasteiger partial charge in [0.15, 0.2) is 5.71 Å².